The normalized spacial score (nSPS) is 12.3. The Morgan fingerprint density at radius 2 is 0.826 bits per heavy atom. The van der Waals surface area contributed by atoms with E-state index in [1.807, 2.05) is 22.7 Å². The summed E-state index contributed by atoms with van der Waals surface area (Å²) in [5.41, 5.74) is 12.3. The van der Waals surface area contributed by atoms with E-state index in [2.05, 4.69) is 151 Å². The Bertz CT molecular complexity index is 2230. The van der Waals surface area contributed by atoms with Crippen molar-refractivity contribution in [3.05, 3.63) is 83.9 Å². The number of fused-ring (bicyclic) bond motifs is 10. The molecule has 7 rings (SSSR count). The van der Waals surface area contributed by atoms with Crippen LogP contribution >= 0.6 is 22.7 Å². The highest BCUT2D eigenvalue weighted by atomic mass is 32.1. The van der Waals surface area contributed by atoms with Crippen LogP contribution in [0.5, 0.6) is 0 Å². The summed E-state index contributed by atoms with van der Waals surface area (Å²) in [5.74, 6) is 7.12. The van der Waals surface area contributed by atoms with E-state index in [9.17, 15) is 0 Å². The van der Waals surface area contributed by atoms with Gasteiger partial charge in [0.2, 0.25) is 0 Å². The molecule has 0 N–H and O–H groups in total. The Kier molecular flexibility index (Phi) is 8.37. The average Bonchev–Trinajstić information content (AvgIpc) is 3.58. The summed E-state index contributed by atoms with van der Waals surface area (Å²) in [6, 6.07) is 27.8. The zero-order chi connectivity index (χ0) is 32.3. The van der Waals surface area contributed by atoms with Crippen LogP contribution in [-0.4, -0.2) is 17.6 Å². The number of benzene rings is 5. The second kappa shape index (κ2) is 12.3. The van der Waals surface area contributed by atoms with Gasteiger partial charge in [0, 0.05) is 62.2 Å². The molecule has 4 heteroatoms. The summed E-state index contributed by atoms with van der Waals surface area (Å²) in [7, 11) is -1.41. The van der Waals surface area contributed by atoms with Gasteiger partial charge in [-0.2, -0.15) is 0 Å². The number of rotatable bonds is 4. The molecule has 0 atom stereocenters. The summed E-state index contributed by atoms with van der Waals surface area (Å²) in [5, 5.41) is 10.6. The first-order chi connectivity index (χ1) is 22.1. The highest BCUT2D eigenvalue weighted by molar-refractivity contribution is 7.27. The van der Waals surface area contributed by atoms with E-state index in [1.54, 1.807) is 0 Å². The van der Waals surface area contributed by atoms with E-state index in [1.165, 1.54) is 61.9 Å². The van der Waals surface area contributed by atoms with Crippen LogP contribution in [0.1, 0.15) is 66.5 Å². The Hall–Kier alpha value is -3.39. The fourth-order valence-corrected chi connectivity index (χ4v) is 13.8. The number of hydrogen-bond acceptors (Lipinski definition) is 2. The van der Waals surface area contributed by atoms with Gasteiger partial charge >= 0.3 is 0 Å². The molecule has 2 aromatic heterocycles. The van der Waals surface area contributed by atoms with Crippen molar-refractivity contribution in [2.24, 2.45) is 0 Å². The predicted octanol–water partition coefficient (Wildman–Crippen LogP) is 13.1. The van der Waals surface area contributed by atoms with Crippen molar-refractivity contribution in [2.45, 2.75) is 77.6 Å². The molecule has 0 fully saturated rings. The molecule has 0 aliphatic heterocycles. The predicted molar refractivity (Wildman–Crippen MR) is 213 cm³/mol. The summed E-state index contributed by atoms with van der Waals surface area (Å²) >= 11 is 3.82. The first-order valence-electron chi connectivity index (χ1n) is 16.5. The molecule has 0 spiro atoms. The van der Waals surface area contributed by atoms with E-state index in [-0.39, 0.29) is 0 Å². The van der Waals surface area contributed by atoms with Gasteiger partial charge in [-0.3, -0.25) is 0 Å². The SMILES string of the molecule is CC(C)[Si](C#Cc1ccc2sc3c4cc5ccc6c7cc(C#C[Si](C(C)C)C(C)C)ccc7sc6c5cc4ccc3c2c1)C(C)C. The third kappa shape index (κ3) is 5.61. The summed E-state index contributed by atoms with van der Waals surface area (Å²) in [4.78, 5) is 0. The van der Waals surface area contributed by atoms with Gasteiger partial charge < -0.3 is 0 Å². The van der Waals surface area contributed by atoms with Gasteiger partial charge in [0.25, 0.3) is 0 Å². The molecule has 0 saturated heterocycles. The van der Waals surface area contributed by atoms with Gasteiger partial charge in [-0.05, 0) is 81.5 Å². The van der Waals surface area contributed by atoms with Crippen molar-refractivity contribution >= 4 is 102 Å². The number of hydrogen-bond donors (Lipinski definition) is 0. The smallest absolute Gasteiger partial charge is 0.135 e. The van der Waals surface area contributed by atoms with Crippen LogP contribution < -0.4 is 0 Å². The second-order valence-electron chi connectivity index (χ2n) is 13.8. The van der Waals surface area contributed by atoms with Gasteiger partial charge in [-0.1, -0.05) is 91.5 Å². The lowest BCUT2D eigenvalue weighted by Crippen LogP contribution is -2.18. The van der Waals surface area contributed by atoms with Crippen LogP contribution in [0.3, 0.4) is 0 Å². The van der Waals surface area contributed by atoms with Crippen LogP contribution in [0.25, 0.3) is 61.9 Å². The van der Waals surface area contributed by atoms with Crippen LogP contribution in [-0.2, 0) is 0 Å². The standard InChI is InChI=1S/C42H40S2Si2/c1-25(2)45(26(3)4)19-17-29-9-15-39-37(21-29)33-13-11-31-24-36-32(23-35(31)41(33)43-39)12-14-34-38-22-30(10-16-40(38)44-42(34)36)18-20-46(27(5)6)28(7)8/h9-16,21-28H,1-8H3. The summed E-state index contributed by atoms with van der Waals surface area (Å²) in [6.07, 6.45) is 0. The highest BCUT2D eigenvalue weighted by Gasteiger charge is 2.19. The lowest BCUT2D eigenvalue weighted by molar-refractivity contribution is 0.954. The molecule has 5 aromatic carbocycles. The van der Waals surface area contributed by atoms with E-state index in [0.29, 0.717) is 22.2 Å². The van der Waals surface area contributed by atoms with E-state index < -0.39 is 17.6 Å². The lowest BCUT2D eigenvalue weighted by Gasteiger charge is -2.15. The molecular formula is C42H40S2Si2. The molecule has 0 saturated carbocycles. The second-order valence-corrected chi connectivity index (χ2v) is 22.9. The third-order valence-corrected chi connectivity index (χ3v) is 17.5. The first kappa shape index (κ1) is 31.2. The van der Waals surface area contributed by atoms with Gasteiger partial charge in [0.1, 0.15) is 0 Å². The maximum absolute atomic E-state index is 3.69. The molecular weight excluding hydrogens is 625 g/mol. The van der Waals surface area contributed by atoms with Gasteiger partial charge in [-0.15, -0.1) is 33.8 Å². The minimum Gasteiger partial charge on any atom is -0.135 e. The molecule has 0 aliphatic rings. The quantitative estimate of drug-likeness (QED) is 0.0998. The maximum Gasteiger partial charge on any atom is 0.150 e. The van der Waals surface area contributed by atoms with E-state index >= 15 is 0 Å². The van der Waals surface area contributed by atoms with Crippen molar-refractivity contribution in [3.8, 4) is 22.9 Å². The van der Waals surface area contributed by atoms with Crippen LogP contribution in [0.4, 0.5) is 0 Å². The van der Waals surface area contributed by atoms with Crippen molar-refractivity contribution in [2.75, 3.05) is 0 Å². The van der Waals surface area contributed by atoms with Crippen LogP contribution in [0, 0.1) is 22.9 Å². The topological polar surface area (TPSA) is 0 Å². The molecule has 0 nitrogen and oxygen atoms in total. The summed E-state index contributed by atoms with van der Waals surface area (Å²) < 4.78 is 5.41. The molecule has 7 aromatic rings. The maximum atomic E-state index is 3.69. The van der Waals surface area contributed by atoms with Crippen molar-refractivity contribution < 1.29 is 0 Å². The zero-order valence-corrected chi connectivity index (χ0v) is 31.7. The van der Waals surface area contributed by atoms with Crippen molar-refractivity contribution in [3.63, 3.8) is 0 Å². The minimum absolute atomic E-state index is 0.656. The van der Waals surface area contributed by atoms with Crippen LogP contribution in [0.2, 0.25) is 22.2 Å². The molecule has 0 unspecified atom stereocenters. The molecule has 0 aliphatic carbocycles. The molecule has 0 amide bonds. The highest BCUT2D eigenvalue weighted by Crippen LogP contribution is 2.43. The number of thiophene rings is 2. The van der Waals surface area contributed by atoms with Gasteiger partial charge in [-0.25, -0.2) is 0 Å². The molecule has 228 valence electrons. The fraction of sp³-hybridized carbons (Fsp3) is 0.286. The first-order valence-corrected chi connectivity index (χ1v) is 21.5. The van der Waals surface area contributed by atoms with Crippen molar-refractivity contribution in [1.82, 2.24) is 0 Å². The molecule has 0 bridgehead atoms. The molecule has 2 heterocycles. The lowest BCUT2D eigenvalue weighted by atomic mass is 9.99. The Morgan fingerprint density at radius 1 is 0.435 bits per heavy atom. The monoisotopic (exact) mass is 664 g/mol. The zero-order valence-electron chi connectivity index (χ0n) is 28.1. The van der Waals surface area contributed by atoms with Gasteiger partial charge in [0.05, 0.1) is 0 Å². The van der Waals surface area contributed by atoms with Gasteiger partial charge in [0.15, 0.2) is 17.6 Å². The average molecular weight is 665 g/mol. The Balaban J connectivity index is 1.32. The molecule has 2 radical (unpaired) electrons. The Morgan fingerprint density at radius 3 is 1.20 bits per heavy atom. The largest absolute Gasteiger partial charge is 0.150 e. The van der Waals surface area contributed by atoms with Crippen molar-refractivity contribution in [1.29, 1.82) is 0 Å². The van der Waals surface area contributed by atoms with E-state index in [4.69, 9.17) is 0 Å². The Labute approximate surface area is 285 Å². The van der Waals surface area contributed by atoms with Crippen LogP contribution in [0.15, 0.2) is 72.8 Å². The molecule has 46 heavy (non-hydrogen) atoms. The van der Waals surface area contributed by atoms with E-state index in [0.717, 1.165) is 11.1 Å². The minimum atomic E-state index is -0.707. The fourth-order valence-electron chi connectivity index (χ4n) is 6.97. The summed E-state index contributed by atoms with van der Waals surface area (Å²) in [6.45, 7) is 18.6. The third-order valence-electron chi connectivity index (χ3n) is 9.21.